The molecule has 3 nitrogen and oxygen atoms in total. The van der Waals surface area contributed by atoms with Crippen LogP contribution in [0.2, 0.25) is 0 Å². The third-order valence-electron chi connectivity index (χ3n) is 3.33. The molecule has 0 saturated heterocycles. The van der Waals surface area contributed by atoms with Crippen LogP contribution < -0.4 is 12.4 Å². The SMILES string of the molecule is CCCCCCCC[N+](C)(CCO)CCO.[Cl-]. The van der Waals surface area contributed by atoms with Gasteiger partial charge in [-0.25, -0.2) is 0 Å². The molecule has 0 heterocycles. The zero-order valence-electron chi connectivity index (χ0n) is 11.5. The molecule has 0 aliphatic rings. The normalized spacial score (nSPS) is 11.3. The minimum absolute atomic E-state index is 0. The van der Waals surface area contributed by atoms with E-state index >= 15 is 0 Å². The van der Waals surface area contributed by atoms with Crippen molar-refractivity contribution < 1.29 is 27.1 Å². The fourth-order valence-electron chi connectivity index (χ4n) is 2.09. The molecular formula is C13H30ClNO2. The van der Waals surface area contributed by atoms with E-state index in [4.69, 9.17) is 10.2 Å². The van der Waals surface area contributed by atoms with E-state index in [1.54, 1.807) is 0 Å². The molecule has 0 fully saturated rings. The Kier molecular flexibility index (Phi) is 14.5. The quantitative estimate of drug-likeness (QED) is 0.364. The van der Waals surface area contributed by atoms with Crippen LogP contribution in [-0.2, 0) is 0 Å². The average Bonchev–Trinajstić information content (AvgIpc) is 2.24. The minimum Gasteiger partial charge on any atom is -1.00 e. The Bertz CT molecular complexity index is 150. The van der Waals surface area contributed by atoms with Crippen molar-refractivity contribution in [3.63, 3.8) is 0 Å². The monoisotopic (exact) mass is 267 g/mol. The molecule has 0 rings (SSSR count). The second-order valence-electron chi connectivity index (χ2n) is 5.01. The number of hydrogen-bond donors (Lipinski definition) is 2. The van der Waals surface area contributed by atoms with Crippen LogP contribution in [0.1, 0.15) is 45.4 Å². The maximum atomic E-state index is 9.00. The molecule has 0 saturated carbocycles. The first-order chi connectivity index (χ1) is 7.68. The molecule has 4 heteroatoms. The van der Waals surface area contributed by atoms with E-state index in [1.165, 1.54) is 38.5 Å². The Labute approximate surface area is 113 Å². The number of aliphatic hydroxyl groups is 2. The lowest BCUT2D eigenvalue weighted by Gasteiger charge is -2.33. The summed E-state index contributed by atoms with van der Waals surface area (Å²) in [4.78, 5) is 0. The topological polar surface area (TPSA) is 40.5 Å². The van der Waals surface area contributed by atoms with E-state index in [0.29, 0.717) is 0 Å². The van der Waals surface area contributed by atoms with Crippen LogP contribution in [0.3, 0.4) is 0 Å². The maximum Gasteiger partial charge on any atom is 0.102 e. The molecule has 0 bridgehead atoms. The van der Waals surface area contributed by atoms with Crippen molar-refractivity contribution in [1.29, 1.82) is 0 Å². The highest BCUT2D eigenvalue weighted by molar-refractivity contribution is 4.46. The van der Waals surface area contributed by atoms with Crippen molar-refractivity contribution >= 4 is 0 Å². The predicted molar refractivity (Wildman–Crippen MR) is 68.3 cm³/mol. The van der Waals surface area contributed by atoms with Gasteiger partial charge in [0.2, 0.25) is 0 Å². The lowest BCUT2D eigenvalue weighted by molar-refractivity contribution is -0.910. The van der Waals surface area contributed by atoms with Gasteiger partial charge in [-0.2, -0.15) is 0 Å². The van der Waals surface area contributed by atoms with E-state index in [2.05, 4.69) is 14.0 Å². The van der Waals surface area contributed by atoms with Crippen molar-refractivity contribution in [2.45, 2.75) is 45.4 Å². The Morgan fingerprint density at radius 2 is 1.24 bits per heavy atom. The lowest BCUT2D eigenvalue weighted by atomic mass is 10.1. The van der Waals surface area contributed by atoms with Gasteiger partial charge in [0, 0.05) is 0 Å². The zero-order chi connectivity index (χ0) is 12.3. The van der Waals surface area contributed by atoms with Gasteiger partial charge >= 0.3 is 0 Å². The van der Waals surface area contributed by atoms with Crippen LogP contribution >= 0.6 is 0 Å². The molecule has 0 radical (unpaired) electrons. The van der Waals surface area contributed by atoms with Gasteiger partial charge in [0.25, 0.3) is 0 Å². The molecule has 17 heavy (non-hydrogen) atoms. The van der Waals surface area contributed by atoms with Gasteiger partial charge in [-0.1, -0.05) is 32.6 Å². The van der Waals surface area contributed by atoms with Crippen LogP contribution in [0.15, 0.2) is 0 Å². The van der Waals surface area contributed by atoms with Gasteiger partial charge < -0.3 is 27.1 Å². The number of halogens is 1. The van der Waals surface area contributed by atoms with Gasteiger partial charge in [0.1, 0.15) is 13.1 Å². The third-order valence-corrected chi connectivity index (χ3v) is 3.33. The molecule has 0 unspecified atom stereocenters. The molecule has 2 N–H and O–H groups in total. The Morgan fingerprint density at radius 3 is 1.71 bits per heavy atom. The van der Waals surface area contributed by atoms with Crippen LogP contribution in [-0.4, -0.2) is 54.6 Å². The molecule has 0 aromatic heterocycles. The van der Waals surface area contributed by atoms with Crippen molar-refractivity contribution in [2.24, 2.45) is 0 Å². The van der Waals surface area contributed by atoms with Crippen LogP contribution in [0, 0.1) is 0 Å². The Morgan fingerprint density at radius 1 is 0.765 bits per heavy atom. The summed E-state index contributed by atoms with van der Waals surface area (Å²) in [6.07, 6.45) is 7.80. The Hall–Kier alpha value is 0.170. The first kappa shape index (κ1) is 19.5. The Balaban J connectivity index is 0. The number of hydrogen-bond acceptors (Lipinski definition) is 2. The van der Waals surface area contributed by atoms with E-state index in [0.717, 1.165) is 24.1 Å². The molecule has 0 aromatic carbocycles. The molecule has 0 atom stereocenters. The smallest absolute Gasteiger partial charge is 0.102 e. The zero-order valence-corrected chi connectivity index (χ0v) is 12.3. The largest absolute Gasteiger partial charge is 1.00 e. The number of likely N-dealkylation sites (N-methyl/N-ethyl adjacent to an activating group) is 1. The van der Waals surface area contributed by atoms with Crippen molar-refractivity contribution in [1.82, 2.24) is 0 Å². The van der Waals surface area contributed by atoms with Gasteiger partial charge in [0.05, 0.1) is 26.8 Å². The van der Waals surface area contributed by atoms with E-state index in [1.807, 2.05) is 0 Å². The van der Waals surface area contributed by atoms with Gasteiger partial charge in [-0.3, -0.25) is 0 Å². The van der Waals surface area contributed by atoms with Crippen molar-refractivity contribution in [3.8, 4) is 0 Å². The highest BCUT2D eigenvalue weighted by atomic mass is 35.5. The van der Waals surface area contributed by atoms with E-state index in [-0.39, 0.29) is 25.6 Å². The molecular weight excluding hydrogens is 238 g/mol. The van der Waals surface area contributed by atoms with E-state index < -0.39 is 0 Å². The minimum atomic E-state index is 0. The lowest BCUT2D eigenvalue weighted by Crippen LogP contribution is -3.00. The second kappa shape index (κ2) is 12.6. The fraction of sp³-hybridized carbons (Fsp3) is 1.00. The summed E-state index contributed by atoms with van der Waals surface area (Å²) >= 11 is 0. The third kappa shape index (κ3) is 11.0. The number of aliphatic hydroxyl groups excluding tert-OH is 2. The predicted octanol–water partition coefficient (Wildman–Crippen LogP) is -1.22. The van der Waals surface area contributed by atoms with Gasteiger partial charge in [-0.15, -0.1) is 0 Å². The van der Waals surface area contributed by atoms with Crippen molar-refractivity contribution in [3.05, 3.63) is 0 Å². The summed E-state index contributed by atoms with van der Waals surface area (Å²) in [5.41, 5.74) is 0. The summed E-state index contributed by atoms with van der Waals surface area (Å²) in [5.74, 6) is 0. The summed E-state index contributed by atoms with van der Waals surface area (Å²) in [7, 11) is 2.12. The number of quaternary nitrogens is 1. The molecule has 106 valence electrons. The molecule has 0 amide bonds. The maximum absolute atomic E-state index is 9.00. The number of nitrogens with zero attached hydrogens (tertiary/aromatic N) is 1. The first-order valence-electron chi connectivity index (χ1n) is 6.74. The van der Waals surface area contributed by atoms with E-state index in [9.17, 15) is 0 Å². The highest BCUT2D eigenvalue weighted by Gasteiger charge is 2.19. The van der Waals surface area contributed by atoms with Gasteiger partial charge in [0.15, 0.2) is 0 Å². The summed E-state index contributed by atoms with van der Waals surface area (Å²) in [5, 5.41) is 18.0. The summed E-state index contributed by atoms with van der Waals surface area (Å²) < 4.78 is 0.806. The second-order valence-corrected chi connectivity index (χ2v) is 5.01. The fourth-order valence-corrected chi connectivity index (χ4v) is 2.09. The number of unbranched alkanes of at least 4 members (excludes halogenated alkanes) is 5. The molecule has 0 aliphatic heterocycles. The first-order valence-corrected chi connectivity index (χ1v) is 6.74. The molecule has 0 spiro atoms. The summed E-state index contributed by atoms with van der Waals surface area (Å²) in [6, 6.07) is 0. The van der Waals surface area contributed by atoms with Crippen LogP contribution in [0.4, 0.5) is 0 Å². The standard InChI is InChI=1S/C13H30NO2.ClH/c1-3-4-5-6-7-8-9-14(2,10-12-15)11-13-16;/h15-16H,3-13H2,1-2H3;1H/q+1;/p-1. The number of rotatable bonds is 11. The molecule has 0 aromatic rings. The highest BCUT2D eigenvalue weighted by Crippen LogP contribution is 2.09. The molecule has 0 aliphatic carbocycles. The average molecular weight is 268 g/mol. The summed E-state index contributed by atoms with van der Waals surface area (Å²) in [6.45, 7) is 5.26. The van der Waals surface area contributed by atoms with Crippen molar-refractivity contribution in [2.75, 3.05) is 39.9 Å². The van der Waals surface area contributed by atoms with Crippen LogP contribution in [0.5, 0.6) is 0 Å². The van der Waals surface area contributed by atoms with Gasteiger partial charge in [-0.05, 0) is 12.8 Å². The van der Waals surface area contributed by atoms with Crippen LogP contribution in [0.25, 0.3) is 0 Å².